The number of hydrogen-bond donors (Lipinski definition) is 0. The Morgan fingerprint density at radius 1 is 1.37 bits per heavy atom. The zero-order valence-electron chi connectivity index (χ0n) is 11.3. The first-order valence-corrected chi connectivity index (χ1v) is 6.76. The van der Waals surface area contributed by atoms with Gasteiger partial charge in [0.1, 0.15) is 0 Å². The van der Waals surface area contributed by atoms with Crippen LogP contribution < -0.4 is 0 Å². The maximum Gasteiger partial charge on any atom is 0.179 e. The fourth-order valence-electron chi connectivity index (χ4n) is 2.25. The molecule has 2 nitrogen and oxygen atoms in total. The summed E-state index contributed by atoms with van der Waals surface area (Å²) in [5.41, 5.74) is 0.237. The molecule has 1 aromatic rings. The number of halogens is 2. The Morgan fingerprint density at radius 3 is 2.58 bits per heavy atom. The Balaban J connectivity index is 2.09. The summed E-state index contributed by atoms with van der Waals surface area (Å²) in [5, 5.41) is 0. The summed E-state index contributed by atoms with van der Waals surface area (Å²) in [6, 6.07) is 3.05. The molecule has 0 N–H and O–H groups in total. The van der Waals surface area contributed by atoms with Crippen LogP contribution in [-0.4, -0.2) is 29.8 Å². The maximum absolute atomic E-state index is 13.2. The summed E-state index contributed by atoms with van der Waals surface area (Å²) in [6.07, 6.45) is 2.45. The lowest BCUT2D eigenvalue weighted by atomic mass is 10.0. The van der Waals surface area contributed by atoms with Crippen LogP contribution in [0.4, 0.5) is 8.78 Å². The minimum Gasteiger partial charge on any atom is -0.294 e. The van der Waals surface area contributed by atoms with Crippen LogP contribution >= 0.6 is 0 Å². The van der Waals surface area contributed by atoms with Crippen molar-refractivity contribution in [3.8, 4) is 0 Å². The number of benzene rings is 1. The lowest BCUT2D eigenvalue weighted by Crippen LogP contribution is -2.40. The molecule has 0 spiro atoms. The van der Waals surface area contributed by atoms with Gasteiger partial charge in [-0.25, -0.2) is 8.78 Å². The van der Waals surface area contributed by atoms with Crippen LogP contribution in [0.1, 0.15) is 37.0 Å². The molecule has 1 atom stereocenters. The van der Waals surface area contributed by atoms with E-state index in [9.17, 15) is 13.6 Å². The monoisotopic (exact) mass is 267 g/mol. The van der Waals surface area contributed by atoms with E-state index in [0.717, 1.165) is 25.2 Å². The van der Waals surface area contributed by atoms with Crippen molar-refractivity contribution in [3.63, 3.8) is 0 Å². The molecule has 1 saturated carbocycles. The number of carbonyl (C=O) groups excluding carboxylic acids is 1. The first kappa shape index (κ1) is 14.1. The highest BCUT2D eigenvalue weighted by Crippen LogP contribution is 2.30. The van der Waals surface area contributed by atoms with Crippen molar-refractivity contribution in [2.24, 2.45) is 5.92 Å². The number of hydrogen-bond acceptors (Lipinski definition) is 2. The van der Waals surface area contributed by atoms with Gasteiger partial charge >= 0.3 is 0 Å². The SMILES string of the molecule is CCN(CC1CC1)C(C)C(=O)c1ccc(F)c(F)c1. The summed E-state index contributed by atoms with van der Waals surface area (Å²) in [7, 11) is 0. The molecule has 19 heavy (non-hydrogen) atoms. The fraction of sp³-hybridized carbons (Fsp3) is 0.533. The summed E-state index contributed by atoms with van der Waals surface area (Å²) in [6.45, 7) is 5.53. The van der Waals surface area contributed by atoms with E-state index in [-0.39, 0.29) is 17.4 Å². The zero-order chi connectivity index (χ0) is 14.0. The molecule has 0 saturated heterocycles. The van der Waals surface area contributed by atoms with Gasteiger partial charge in [0.2, 0.25) is 0 Å². The summed E-state index contributed by atoms with van der Waals surface area (Å²) >= 11 is 0. The van der Waals surface area contributed by atoms with Crippen molar-refractivity contribution in [3.05, 3.63) is 35.4 Å². The third-order valence-corrected chi connectivity index (χ3v) is 3.73. The van der Waals surface area contributed by atoms with E-state index in [1.165, 1.54) is 18.9 Å². The number of ketones is 1. The highest BCUT2D eigenvalue weighted by molar-refractivity contribution is 5.99. The molecule has 1 unspecified atom stereocenters. The Morgan fingerprint density at radius 2 is 2.05 bits per heavy atom. The van der Waals surface area contributed by atoms with E-state index in [4.69, 9.17) is 0 Å². The standard InChI is InChI=1S/C15H19F2NO/c1-3-18(9-11-4-5-11)10(2)15(19)12-6-7-13(16)14(17)8-12/h6-8,10-11H,3-5,9H2,1-2H3. The van der Waals surface area contributed by atoms with Crippen LogP contribution in [0.3, 0.4) is 0 Å². The van der Waals surface area contributed by atoms with Gasteiger partial charge in [-0.2, -0.15) is 0 Å². The Hall–Kier alpha value is -1.29. The number of nitrogens with zero attached hydrogens (tertiary/aromatic N) is 1. The van der Waals surface area contributed by atoms with Gasteiger partial charge in [-0.1, -0.05) is 6.92 Å². The van der Waals surface area contributed by atoms with Crippen LogP contribution in [0, 0.1) is 17.6 Å². The van der Waals surface area contributed by atoms with Gasteiger partial charge in [-0.15, -0.1) is 0 Å². The molecule has 2 rings (SSSR count). The average Bonchev–Trinajstić information content (AvgIpc) is 3.21. The predicted molar refractivity (Wildman–Crippen MR) is 70.1 cm³/mol. The predicted octanol–water partition coefficient (Wildman–Crippen LogP) is 3.27. The van der Waals surface area contributed by atoms with E-state index in [1.54, 1.807) is 0 Å². The third-order valence-electron chi connectivity index (χ3n) is 3.73. The Labute approximate surface area is 112 Å². The van der Waals surface area contributed by atoms with Gasteiger partial charge in [0.05, 0.1) is 6.04 Å². The van der Waals surface area contributed by atoms with E-state index < -0.39 is 11.6 Å². The van der Waals surface area contributed by atoms with Gasteiger partial charge in [0.15, 0.2) is 17.4 Å². The van der Waals surface area contributed by atoms with Gasteiger partial charge in [-0.3, -0.25) is 9.69 Å². The average molecular weight is 267 g/mol. The molecule has 1 aliphatic carbocycles. The van der Waals surface area contributed by atoms with Crippen LogP contribution in [0.2, 0.25) is 0 Å². The topological polar surface area (TPSA) is 20.3 Å². The van der Waals surface area contributed by atoms with Crippen LogP contribution in [0.5, 0.6) is 0 Å². The molecule has 0 aromatic heterocycles. The smallest absolute Gasteiger partial charge is 0.179 e. The van der Waals surface area contributed by atoms with Crippen molar-refractivity contribution in [1.82, 2.24) is 4.90 Å². The van der Waals surface area contributed by atoms with Crippen molar-refractivity contribution in [2.75, 3.05) is 13.1 Å². The van der Waals surface area contributed by atoms with Crippen molar-refractivity contribution >= 4 is 5.78 Å². The lowest BCUT2D eigenvalue weighted by Gasteiger charge is -2.26. The minimum atomic E-state index is -0.969. The second-order valence-corrected chi connectivity index (χ2v) is 5.20. The zero-order valence-corrected chi connectivity index (χ0v) is 11.3. The highest BCUT2D eigenvalue weighted by atomic mass is 19.2. The molecule has 0 heterocycles. The number of carbonyl (C=O) groups is 1. The second kappa shape index (κ2) is 5.78. The van der Waals surface area contributed by atoms with Gasteiger partial charge < -0.3 is 0 Å². The van der Waals surface area contributed by atoms with E-state index in [2.05, 4.69) is 4.90 Å². The molecule has 1 aromatic carbocycles. The highest BCUT2D eigenvalue weighted by Gasteiger charge is 2.29. The quantitative estimate of drug-likeness (QED) is 0.737. The number of likely N-dealkylation sites (N-methyl/N-ethyl adjacent to an activating group) is 1. The van der Waals surface area contributed by atoms with E-state index in [0.29, 0.717) is 5.92 Å². The van der Waals surface area contributed by atoms with Gasteiger partial charge in [0, 0.05) is 12.1 Å². The van der Waals surface area contributed by atoms with Crippen LogP contribution in [-0.2, 0) is 0 Å². The summed E-state index contributed by atoms with van der Waals surface area (Å²) in [4.78, 5) is 14.4. The van der Waals surface area contributed by atoms with Crippen LogP contribution in [0.25, 0.3) is 0 Å². The molecule has 0 bridgehead atoms. The lowest BCUT2D eigenvalue weighted by molar-refractivity contribution is 0.0838. The van der Waals surface area contributed by atoms with Crippen molar-refractivity contribution < 1.29 is 13.6 Å². The fourth-order valence-corrected chi connectivity index (χ4v) is 2.25. The Kier molecular flexibility index (Phi) is 4.30. The van der Waals surface area contributed by atoms with E-state index >= 15 is 0 Å². The molecule has 104 valence electrons. The second-order valence-electron chi connectivity index (χ2n) is 5.20. The van der Waals surface area contributed by atoms with Gasteiger partial charge in [0.25, 0.3) is 0 Å². The summed E-state index contributed by atoms with van der Waals surface area (Å²) < 4.78 is 26.0. The molecular formula is C15H19F2NO. The molecular weight excluding hydrogens is 248 g/mol. The number of rotatable bonds is 6. The van der Waals surface area contributed by atoms with Gasteiger partial charge in [-0.05, 0) is 50.4 Å². The molecule has 0 aliphatic heterocycles. The largest absolute Gasteiger partial charge is 0.294 e. The third kappa shape index (κ3) is 3.38. The summed E-state index contributed by atoms with van der Waals surface area (Å²) in [5.74, 6) is -1.35. The molecule has 0 radical (unpaired) electrons. The maximum atomic E-state index is 13.2. The normalized spacial score (nSPS) is 16.7. The minimum absolute atomic E-state index is 0.151. The first-order chi connectivity index (χ1) is 9.02. The van der Waals surface area contributed by atoms with Crippen molar-refractivity contribution in [2.45, 2.75) is 32.7 Å². The molecule has 1 fully saturated rings. The molecule has 0 amide bonds. The van der Waals surface area contributed by atoms with Crippen LogP contribution in [0.15, 0.2) is 18.2 Å². The number of Topliss-reactive ketones (excluding diaryl/α,β-unsaturated/α-hetero) is 1. The molecule has 1 aliphatic rings. The van der Waals surface area contributed by atoms with E-state index in [1.807, 2.05) is 13.8 Å². The van der Waals surface area contributed by atoms with Crippen molar-refractivity contribution in [1.29, 1.82) is 0 Å². The first-order valence-electron chi connectivity index (χ1n) is 6.76. The Bertz CT molecular complexity index is 471. The molecule has 4 heteroatoms.